The van der Waals surface area contributed by atoms with Gasteiger partial charge in [0.1, 0.15) is 17.3 Å². The Labute approximate surface area is 189 Å². The molecule has 0 saturated heterocycles. The Morgan fingerprint density at radius 1 is 1.00 bits per heavy atom. The summed E-state index contributed by atoms with van der Waals surface area (Å²) in [6.07, 6.45) is 3.10. The van der Waals surface area contributed by atoms with Gasteiger partial charge in [0.05, 0.1) is 5.75 Å². The van der Waals surface area contributed by atoms with E-state index in [1.165, 1.54) is 16.6 Å². The summed E-state index contributed by atoms with van der Waals surface area (Å²) in [5.41, 5.74) is 0.671. The number of aromatic nitrogens is 3. The Morgan fingerprint density at radius 2 is 1.77 bits per heavy atom. The average molecular weight is 448 g/mol. The van der Waals surface area contributed by atoms with E-state index >= 15 is 0 Å². The van der Waals surface area contributed by atoms with Crippen molar-refractivity contribution in [2.75, 3.05) is 5.75 Å². The lowest BCUT2D eigenvalue weighted by atomic mass is 10.1. The number of nitrogens with zero attached hydrogens (tertiary/aromatic N) is 3. The third-order valence-corrected chi connectivity index (χ3v) is 6.87. The monoisotopic (exact) mass is 447 g/mol. The molecule has 0 bridgehead atoms. The lowest BCUT2D eigenvalue weighted by molar-refractivity contribution is 0.102. The first-order chi connectivity index (χ1) is 15.3. The number of para-hydroxylation sites is 1. The fraction of sp³-hybridized carbons (Fsp3) is 0.208. The van der Waals surface area contributed by atoms with E-state index in [9.17, 15) is 4.79 Å². The third kappa shape index (κ3) is 4.89. The minimum Gasteiger partial charge on any atom is -0.457 e. The van der Waals surface area contributed by atoms with Gasteiger partial charge in [-0.3, -0.25) is 4.79 Å². The highest BCUT2D eigenvalue weighted by molar-refractivity contribution is 7.99. The zero-order chi connectivity index (χ0) is 21.0. The number of hydrogen-bond acceptors (Lipinski definition) is 6. The van der Waals surface area contributed by atoms with Gasteiger partial charge in [0.25, 0.3) is 0 Å². The largest absolute Gasteiger partial charge is 0.457 e. The molecule has 2 aromatic carbocycles. The van der Waals surface area contributed by atoms with Crippen molar-refractivity contribution in [3.63, 3.8) is 0 Å². The fourth-order valence-electron chi connectivity index (χ4n) is 3.34. The molecule has 2 heterocycles. The molecule has 0 spiro atoms. The molecule has 0 radical (unpaired) electrons. The molecular weight excluding hydrogens is 426 g/mol. The van der Waals surface area contributed by atoms with E-state index in [-0.39, 0.29) is 5.78 Å². The number of thiophene rings is 1. The van der Waals surface area contributed by atoms with Gasteiger partial charge in [-0.2, -0.15) is 0 Å². The van der Waals surface area contributed by atoms with E-state index in [0.717, 1.165) is 36.0 Å². The molecule has 0 atom stereocenters. The highest BCUT2D eigenvalue weighted by Gasteiger charge is 2.30. The number of benzene rings is 2. The van der Waals surface area contributed by atoms with Gasteiger partial charge in [0, 0.05) is 22.9 Å². The minimum absolute atomic E-state index is 0.0708. The van der Waals surface area contributed by atoms with Crippen molar-refractivity contribution in [3.05, 3.63) is 88.4 Å². The van der Waals surface area contributed by atoms with Crippen molar-refractivity contribution in [1.29, 1.82) is 0 Å². The van der Waals surface area contributed by atoms with Crippen molar-refractivity contribution < 1.29 is 9.53 Å². The maximum Gasteiger partial charge on any atom is 0.191 e. The molecule has 0 aliphatic heterocycles. The molecule has 5 nitrogen and oxygen atoms in total. The van der Waals surface area contributed by atoms with Gasteiger partial charge in [-0.1, -0.05) is 36.0 Å². The molecule has 31 heavy (non-hydrogen) atoms. The van der Waals surface area contributed by atoms with Crippen molar-refractivity contribution in [2.45, 2.75) is 30.5 Å². The summed E-state index contributed by atoms with van der Waals surface area (Å²) in [7, 11) is 0. The van der Waals surface area contributed by atoms with Gasteiger partial charge in [-0.25, -0.2) is 0 Å². The summed E-state index contributed by atoms with van der Waals surface area (Å²) in [6, 6.07) is 21.5. The van der Waals surface area contributed by atoms with E-state index < -0.39 is 0 Å². The summed E-state index contributed by atoms with van der Waals surface area (Å²) in [5.74, 6) is 2.88. The van der Waals surface area contributed by atoms with Gasteiger partial charge in [-0.15, -0.1) is 21.5 Å². The van der Waals surface area contributed by atoms with E-state index in [4.69, 9.17) is 4.74 Å². The van der Waals surface area contributed by atoms with Crippen molar-refractivity contribution in [2.24, 2.45) is 0 Å². The van der Waals surface area contributed by atoms with E-state index in [0.29, 0.717) is 23.1 Å². The van der Waals surface area contributed by atoms with Crippen LogP contribution in [0.3, 0.4) is 0 Å². The Balaban J connectivity index is 1.23. The lowest BCUT2D eigenvalue weighted by Crippen LogP contribution is -2.06. The number of carbonyl (C=O) groups is 1. The number of rotatable bonds is 9. The maximum absolute atomic E-state index is 12.7. The average Bonchev–Trinajstić information content (AvgIpc) is 3.35. The predicted molar refractivity (Wildman–Crippen MR) is 123 cm³/mol. The van der Waals surface area contributed by atoms with Crippen LogP contribution in [0.2, 0.25) is 0 Å². The maximum atomic E-state index is 12.7. The molecule has 0 unspecified atom stereocenters. The van der Waals surface area contributed by atoms with E-state index in [1.54, 1.807) is 11.3 Å². The van der Waals surface area contributed by atoms with Crippen LogP contribution in [0, 0.1) is 0 Å². The first kappa shape index (κ1) is 20.0. The van der Waals surface area contributed by atoms with Crippen LogP contribution < -0.4 is 4.74 Å². The zero-order valence-electron chi connectivity index (χ0n) is 16.8. The van der Waals surface area contributed by atoms with Crippen LogP contribution in [-0.4, -0.2) is 26.3 Å². The SMILES string of the molecule is O=C(CSc1nnc(Cc2cccs2)n1C1CC1)c1ccc(Oc2ccccc2)cc1. The van der Waals surface area contributed by atoms with E-state index in [2.05, 4.69) is 32.3 Å². The van der Waals surface area contributed by atoms with Gasteiger partial charge >= 0.3 is 0 Å². The molecule has 1 aliphatic carbocycles. The van der Waals surface area contributed by atoms with Crippen LogP contribution in [0.25, 0.3) is 0 Å². The number of carbonyl (C=O) groups excluding carboxylic acids is 1. The van der Waals surface area contributed by atoms with Crippen molar-refractivity contribution >= 4 is 28.9 Å². The molecule has 5 rings (SSSR count). The number of ether oxygens (including phenoxy) is 1. The highest BCUT2D eigenvalue weighted by atomic mass is 32.2. The number of ketones is 1. The molecule has 2 aromatic heterocycles. The summed E-state index contributed by atoms with van der Waals surface area (Å²) in [5, 5.41) is 11.7. The minimum atomic E-state index is 0.0708. The van der Waals surface area contributed by atoms with Crippen LogP contribution in [0.15, 0.2) is 77.3 Å². The molecule has 156 valence electrons. The van der Waals surface area contributed by atoms with Crippen LogP contribution >= 0.6 is 23.1 Å². The Morgan fingerprint density at radius 3 is 2.48 bits per heavy atom. The van der Waals surface area contributed by atoms with Gasteiger partial charge < -0.3 is 9.30 Å². The molecule has 4 aromatic rings. The standard InChI is InChI=1S/C24H21N3O2S2/c28-22(17-8-12-20(13-9-17)29-19-5-2-1-3-6-19)16-31-24-26-25-23(27(24)18-10-11-18)15-21-7-4-14-30-21/h1-9,12-14,18H,10-11,15-16H2. The van der Waals surface area contributed by atoms with Crippen LogP contribution in [-0.2, 0) is 6.42 Å². The predicted octanol–water partition coefficient (Wildman–Crippen LogP) is 6.03. The summed E-state index contributed by atoms with van der Waals surface area (Å²) in [4.78, 5) is 14.0. The summed E-state index contributed by atoms with van der Waals surface area (Å²) in [6.45, 7) is 0. The molecule has 0 N–H and O–H groups in total. The Kier molecular flexibility index (Phi) is 5.86. The normalized spacial score (nSPS) is 13.3. The molecule has 1 fully saturated rings. The Bertz CT molecular complexity index is 1150. The summed E-state index contributed by atoms with van der Waals surface area (Å²) >= 11 is 3.20. The zero-order valence-corrected chi connectivity index (χ0v) is 18.4. The van der Waals surface area contributed by atoms with Gasteiger partial charge in [0.15, 0.2) is 10.9 Å². The number of hydrogen-bond donors (Lipinski definition) is 0. The number of Topliss-reactive ketones (excluding diaryl/α,β-unsaturated/α-hetero) is 1. The second kappa shape index (κ2) is 9.08. The second-order valence-corrected chi connectivity index (χ2v) is 9.38. The van der Waals surface area contributed by atoms with Crippen molar-refractivity contribution in [1.82, 2.24) is 14.8 Å². The number of thioether (sulfide) groups is 1. The van der Waals surface area contributed by atoms with Gasteiger partial charge in [-0.05, 0) is 60.7 Å². The molecule has 1 saturated carbocycles. The third-order valence-electron chi connectivity index (χ3n) is 5.05. The van der Waals surface area contributed by atoms with Crippen LogP contribution in [0.4, 0.5) is 0 Å². The fourth-order valence-corrected chi connectivity index (χ4v) is 4.96. The van der Waals surface area contributed by atoms with Crippen LogP contribution in [0.5, 0.6) is 11.5 Å². The molecule has 1 aliphatic rings. The first-order valence-electron chi connectivity index (χ1n) is 10.2. The Hall–Kier alpha value is -2.90. The second-order valence-electron chi connectivity index (χ2n) is 7.41. The quantitative estimate of drug-likeness (QED) is 0.231. The topological polar surface area (TPSA) is 57.0 Å². The highest BCUT2D eigenvalue weighted by Crippen LogP contribution is 2.39. The smallest absolute Gasteiger partial charge is 0.191 e. The summed E-state index contributed by atoms with van der Waals surface area (Å²) < 4.78 is 8.03. The molecule has 0 amide bonds. The lowest BCUT2D eigenvalue weighted by Gasteiger charge is -2.08. The van der Waals surface area contributed by atoms with Gasteiger partial charge in [0.2, 0.25) is 0 Å². The first-order valence-corrected chi connectivity index (χ1v) is 12.1. The van der Waals surface area contributed by atoms with Crippen molar-refractivity contribution in [3.8, 4) is 11.5 Å². The molecular formula is C24H21N3O2S2. The van der Waals surface area contributed by atoms with E-state index in [1.807, 2.05) is 54.6 Å². The molecule has 7 heteroatoms. The van der Waals surface area contributed by atoms with Crippen LogP contribution in [0.1, 0.15) is 39.9 Å².